The molecular weight excluding hydrogens is 316 g/mol. The first-order chi connectivity index (χ1) is 12.1. The number of rotatable bonds is 2. The zero-order valence-electron chi connectivity index (χ0n) is 13.7. The Labute approximate surface area is 145 Å². The van der Waals surface area contributed by atoms with Crippen LogP contribution in [-0.2, 0) is 6.42 Å². The van der Waals surface area contributed by atoms with E-state index in [0.29, 0.717) is 10.9 Å². The van der Waals surface area contributed by atoms with Crippen molar-refractivity contribution in [2.24, 2.45) is 0 Å². The van der Waals surface area contributed by atoms with Crippen LogP contribution in [0.3, 0.4) is 0 Å². The lowest BCUT2D eigenvalue weighted by Gasteiger charge is -2.05. The van der Waals surface area contributed by atoms with Crippen LogP contribution in [0.1, 0.15) is 35.6 Å². The Bertz CT molecular complexity index is 1050. The second kappa shape index (κ2) is 7.16. The highest BCUT2D eigenvalue weighted by molar-refractivity contribution is 5.85. The van der Waals surface area contributed by atoms with E-state index >= 15 is 0 Å². The molecule has 0 fully saturated rings. The second-order valence-electron chi connectivity index (χ2n) is 5.79. The number of halogens is 2. The van der Waals surface area contributed by atoms with Gasteiger partial charge in [0, 0.05) is 10.9 Å². The number of hydrogen-bond donors (Lipinski definition) is 0. The van der Waals surface area contributed by atoms with Gasteiger partial charge in [-0.1, -0.05) is 49.5 Å². The summed E-state index contributed by atoms with van der Waals surface area (Å²) in [5.74, 6) is 4.50. The summed E-state index contributed by atoms with van der Waals surface area (Å²) < 4.78 is 28.3. The minimum Gasteiger partial charge on any atom is -0.206 e. The van der Waals surface area contributed by atoms with Crippen molar-refractivity contribution in [3.8, 4) is 17.9 Å². The standard InChI is InChI=1S/C22H15F2N/c1-2-3-15-6-11-20-18(12-15)10-9-17(22(20)24)7-4-16-5-8-19(14-25)21(23)13-16/h5-6,8-13H,2-3H2,1H3. The molecule has 25 heavy (non-hydrogen) atoms. The summed E-state index contributed by atoms with van der Waals surface area (Å²) in [6.45, 7) is 2.11. The van der Waals surface area contributed by atoms with Gasteiger partial charge in [0.05, 0.1) is 11.1 Å². The molecule has 1 nitrogen and oxygen atoms in total. The number of fused-ring (bicyclic) bond motifs is 1. The van der Waals surface area contributed by atoms with E-state index in [4.69, 9.17) is 5.26 Å². The molecule has 0 unspecified atom stereocenters. The van der Waals surface area contributed by atoms with Crippen LogP contribution in [0.15, 0.2) is 48.5 Å². The fourth-order valence-corrected chi connectivity index (χ4v) is 2.71. The Morgan fingerprint density at radius 1 is 0.920 bits per heavy atom. The molecule has 3 aromatic rings. The third-order valence-electron chi connectivity index (χ3n) is 3.99. The van der Waals surface area contributed by atoms with E-state index in [1.165, 1.54) is 17.7 Å². The molecule has 0 heterocycles. The Balaban J connectivity index is 1.98. The Morgan fingerprint density at radius 2 is 1.72 bits per heavy atom. The van der Waals surface area contributed by atoms with E-state index in [-0.39, 0.29) is 16.9 Å². The van der Waals surface area contributed by atoms with Gasteiger partial charge in [-0.2, -0.15) is 5.26 Å². The van der Waals surface area contributed by atoms with Gasteiger partial charge in [-0.05, 0) is 41.6 Å². The predicted octanol–water partition coefficient (Wildman–Crippen LogP) is 5.34. The summed E-state index contributed by atoms with van der Waals surface area (Å²) in [6, 6.07) is 15.0. The topological polar surface area (TPSA) is 23.8 Å². The van der Waals surface area contributed by atoms with Crippen LogP contribution in [0.5, 0.6) is 0 Å². The number of hydrogen-bond acceptors (Lipinski definition) is 1. The lowest BCUT2D eigenvalue weighted by Crippen LogP contribution is -1.90. The molecule has 122 valence electrons. The summed E-state index contributed by atoms with van der Waals surface area (Å²) in [5, 5.41) is 10.1. The van der Waals surface area contributed by atoms with Crippen molar-refractivity contribution >= 4 is 10.8 Å². The minimum atomic E-state index is -0.628. The number of aryl methyl sites for hydroxylation is 1. The van der Waals surface area contributed by atoms with Gasteiger partial charge in [-0.25, -0.2) is 8.78 Å². The van der Waals surface area contributed by atoms with Crippen molar-refractivity contribution in [2.45, 2.75) is 19.8 Å². The quantitative estimate of drug-likeness (QED) is 0.581. The molecule has 0 aliphatic heterocycles. The van der Waals surface area contributed by atoms with Gasteiger partial charge in [-0.3, -0.25) is 0 Å². The van der Waals surface area contributed by atoms with Gasteiger partial charge in [0.15, 0.2) is 0 Å². The zero-order chi connectivity index (χ0) is 17.8. The third-order valence-corrected chi connectivity index (χ3v) is 3.99. The van der Waals surface area contributed by atoms with Gasteiger partial charge in [0.25, 0.3) is 0 Å². The first-order valence-corrected chi connectivity index (χ1v) is 8.05. The van der Waals surface area contributed by atoms with E-state index < -0.39 is 5.82 Å². The van der Waals surface area contributed by atoms with E-state index in [1.54, 1.807) is 24.3 Å². The van der Waals surface area contributed by atoms with Crippen molar-refractivity contribution in [1.29, 1.82) is 5.26 Å². The van der Waals surface area contributed by atoms with Crippen molar-refractivity contribution in [1.82, 2.24) is 0 Å². The molecule has 0 aliphatic rings. The summed E-state index contributed by atoms with van der Waals surface area (Å²) >= 11 is 0. The van der Waals surface area contributed by atoms with Crippen molar-refractivity contribution < 1.29 is 8.78 Å². The second-order valence-corrected chi connectivity index (χ2v) is 5.79. The largest absolute Gasteiger partial charge is 0.206 e. The number of benzene rings is 3. The molecule has 0 aromatic heterocycles. The number of nitrogens with zero attached hydrogens (tertiary/aromatic N) is 1. The minimum absolute atomic E-state index is 0.0367. The molecule has 0 amide bonds. The predicted molar refractivity (Wildman–Crippen MR) is 95.0 cm³/mol. The van der Waals surface area contributed by atoms with E-state index in [0.717, 1.165) is 18.2 Å². The molecular formula is C22H15F2N. The van der Waals surface area contributed by atoms with Crippen LogP contribution in [0.25, 0.3) is 10.8 Å². The zero-order valence-corrected chi connectivity index (χ0v) is 13.7. The summed E-state index contributed by atoms with van der Waals surface area (Å²) in [7, 11) is 0. The highest BCUT2D eigenvalue weighted by atomic mass is 19.1. The van der Waals surface area contributed by atoms with Crippen molar-refractivity contribution in [2.75, 3.05) is 0 Å². The molecule has 0 spiro atoms. The molecule has 3 rings (SSSR count). The lowest BCUT2D eigenvalue weighted by molar-refractivity contribution is 0.623. The van der Waals surface area contributed by atoms with Crippen LogP contribution in [-0.4, -0.2) is 0 Å². The van der Waals surface area contributed by atoms with E-state index in [2.05, 4.69) is 18.8 Å². The molecule has 0 N–H and O–H groups in total. The third kappa shape index (κ3) is 3.52. The van der Waals surface area contributed by atoms with Crippen molar-refractivity contribution in [3.63, 3.8) is 0 Å². The number of nitriles is 1. The van der Waals surface area contributed by atoms with Gasteiger partial charge >= 0.3 is 0 Å². The highest BCUT2D eigenvalue weighted by Crippen LogP contribution is 2.23. The van der Waals surface area contributed by atoms with Crippen LogP contribution in [0, 0.1) is 34.8 Å². The fraction of sp³-hybridized carbons (Fsp3) is 0.136. The van der Waals surface area contributed by atoms with Crippen LogP contribution >= 0.6 is 0 Å². The van der Waals surface area contributed by atoms with E-state index in [9.17, 15) is 8.78 Å². The monoisotopic (exact) mass is 331 g/mol. The molecule has 0 saturated heterocycles. The SMILES string of the molecule is CCCc1ccc2c(F)c(C#Cc3ccc(C#N)c(F)c3)ccc2c1. The molecule has 0 bridgehead atoms. The van der Waals surface area contributed by atoms with Crippen molar-refractivity contribution in [3.05, 3.63) is 82.4 Å². The maximum Gasteiger partial charge on any atom is 0.146 e. The maximum atomic E-state index is 14.7. The first kappa shape index (κ1) is 16.7. The first-order valence-electron chi connectivity index (χ1n) is 8.05. The Kier molecular flexibility index (Phi) is 4.78. The van der Waals surface area contributed by atoms with Gasteiger partial charge < -0.3 is 0 Å². The summed E-state index contributed by atoms with van der Waals surface area (Å²) in [5.41, 5.74) is 1.81. The van der Waals surface area contributed by atoms with Crippen LogP contribution in [0.4, 0.5) is 8.78 Å². The normalized spacial score (nSPS) is 10.2. The molecule has 0 radical (unpaired) electrons. The molecule has 3 aromatic carbocycles. The van der Waals surface area contributed by atoms with Crippen LogP contribution in [0.2, 0.25) is 0 Å². The van der Waals surface area contributed by atoms with Crippen LogP contribution < -0.4 is 0 Å². The average molecular weight is 331 g/mol. The van der Waals surface area contributed by atoms with E-state index in [1.807, 2.05) is 18.2 Å². The molecule has 0 aliphatic carbocycles. The van der Waals surface area contributed by atoms with Gasteiger partial charge in [0.1, 0.15) is 17.7 Å². The summed E-state index contributed by atoms with van der Waals surface area (Å²) in [6.07, 6.45) is 2.00. The Morgan fingerprint density at radius 3 is 2.44 bits per heavy atom. The smallest absolute Gasteiger partial charge is 0.146 e. The highest BCUT2D eigenvalue weighted by Gasteiger charge is 2.06. The summed E-state index contributed by atoms with van der Waals surface area (Å²) in [4.78, 5) is 0. The lowest BCUT2D eigenvalue weighted by atomic mass is 10.0. The molecule has 0 atom stereocenters. The fourth-order valence-electron chi connectivity index (χ4n) is 2.71. The average Bonchev–Trinajstić information content (AvgIpc) is 2.61. The molecule has 0 saturated carbocycles. The Hall–Kier alpha value is -3.17. The van der Waals surface area contributed by atoms with Gasteiger partial charge in [0.2, 0.25) is 0 Å². The molecule has 3 heteroatoms. The maximum absolute atomic E-state index is 14.7. The van der Waals surface area contributed by atoms with Gasteiger partial charge in [-0.15, -0.1) is 0 Å².